The van der Waals surface area contributed by atoms with E-state index in [1.807, 2.05) is 19.1 Å². The molecule has 2 rings (SSSR count). The lowest BCUT2D eigenvalue weighted by atomic mass is 9.88. The molecule has 0 heterocycles. The fourth-order valence-corrected chi connectivity index (χ4v) is 2.71. The summed E-state index contributed by atoms with van der Waals surface area (Å²) in [4.78, 5) is 0. The average molecular weight is 256 g/mol. The zero-order valence-corrected chi connectivity index (χ0v) is 11.2. The molecule has 1 atom stereocenters. The summed E-state index contributed by atoms with van der Waals surface area (Å²) in [7, 11) is 3.22. The number of halogens is 1. The molecule has 0 bridgehead atoms. The molecule has 17 heavy (non-hydrogen) atoms. The fraction of sp³-hybridized carbons (Fsp3) is 0.538. The molecule has 2 N–H and O–H groups in total. The van der Waals surface area contributed by atoms with Crippen LogP contribution in [0.25, 0.3) is 0 Å². The fourth-order valence-electron chi connectivity index (χ4n) is 2.39. The lowest BCUT2D eigenvalue weighted by Gasteiger charge is -2.23. The molecule has 1 fully saturated rings. The van der Waals surface area contributed by atoms with Crippen LogP contribution in [0.5, 0.6) is 11.5 Å². The Hall–Kier alpha value is -0.930. The Kier molecular flexibility index (Phi) is 3.23. The summed E-state index contributed by atoms with van der Waals surface area (Å²) in [5.41, 5.74) is 7.21. The SMILES string of the molecule is COc1ccc(C2(C(C)N)CC2)c(OC)c1Cl. The van der Waals surface area contributed by atoms with Crippen molar-refractivity contribution in [3.05, 3.63) is 22.7 Å². The summed E-state index contributed by atoms with van der Waals surface area (Å²) in [6.45, 7) is 2.03. The van der Waals surface area contributed by atoms with Gasteiger partial charge >= 0.3 is 0 Å². The maximum atomic E-state index is 6.26. The summed E-state index contributed by atoms with van der Waals surface area (Å²) < 4.78 is 10.6. The van der Waals surface area contributed by atoms with Crippen LogP contribution in [-0.2, 0) is 5.41 Å². The molecule has 0 radical (unpaired) electrons. The van der Waals surface area contributed by atoms with Gasteiger partial charge in [0.1, 0.15) is 16.5 Å². The van der Waals surface area contributed by atoms with E-state index in [0.29, 0.717) is 16.5 Å². The van der Waals surface area contributed by atoms with Crippen molar-refractivity contribution in [3.63, 3.8) is 0 Å². The van der Waals surface area contributed by atoms with Crippen molar-refractivity contribution in [2.24, 2.45) is 5.73 Å². The van der Waals surface area contributed by atoms with Crippen molar-refractivity contribution >= 4 is 11.6 Å². The molecule has 0 aromatic heterocycles. The predicted octanol–water partition coefficient (Wildman–Crippen LogP) is 2.74. The minimum absolute atomic E-state index is 0.0290. The van der Waals surface area contributed by atoms with Crippen LogP contribution < -0.4 is 15.2 Å². The third-order valence-electron chi connectivity index (χ3n) is 3.68. The van der Waals surface area contributed by atoms with Crippen LogP contribution in [0.2, 0.25) is 5.02 Å². The number of benzene rings is 1. The standard InChI is InChI=1S/C13H18ClNO2/c1-8(15)13(6-7-13)9-4-5-10(16-2)11(14)12(9)17-3/h4-5,8H,6-7,15H2,1-3H3. The van der Waals surface area contributed by atoms with Crippen molar-refractivity contribution in [1.82, 2.24) is 0 Å². The van der Waals surface area contributed by atoms with Gasteiger partial charge in [-0.05, 0) is 25.8 Å². The Bertz CT molecular complexity index is 428. The van der Waals surface area contributed by atoms with Crippen molar-refractivity contribution in [1.29, 1.82) is 0 Å². The summed E-state index contributed by atoms with van der Waals surface area (Å²) >= 11 is 6.26. The second kappa shape index (κ2) is 4.39. The second-order valence-electron chi connectivity index (χ2n) is 4.61. The van der Waals surface area contributed by atoms with Gasteiger partial charge in [-0.1, -0.05) is 17.7 Å². The van der Waals surface area contributed by atoms with Gasteiger partial charge in [-0.3, -0.25) is 0 Å². The van der Waals surface area contributed by atoms with Crippen molar-refractivity contribution in [2.45, 2.75) is 31.2 Å². The molecule has 0 aliphatic heterocycles. The lowest BCUT2D eigenvalue weighted by Crippen LogP contribution is -2.31. The first-order chi connectivity index (χ1) is 8.06. The zero-order valence-electron chi connectivity index (χ0n) is 10.4. The first-order valence-corrected chi connectivity index (χ1v) is 6.11. The average Bonchev–Trinajstić information content (AvgIpc) is 3.09. The minimum Gasteiger partial charge on any atom is -0.495 e. The molecule has 1 aliphatic carbocycles. The predicted molar refractivity (Wildman–Crippen MR) is 69.1 cm³/mol. The third-order valence-corrected chi connectivity index (χ3v) is 4.04. The van der Waals surface area contributed by atoms with Gasteiger partial charge in [0, 0.05) is 17.0 Å². The molecular weight excluding hydrogens is 238 g/mol. The summed E-state index contributed by atoms with van der Waals surface area (Å²) in [5.74, 6) is 1.33. The van der Waals surface area contributed by atoms with Crippen molar-refractivity contribution in [3.8, 4) is 11.5 Å². The van der Waals surface area contributed by atoms with Gasteiger partial charge in [0.05, 0.1) is 14.2 Å². The molecule has 3 nitrogen and oxygen atoms in total. The molecule has 0 spiro atoms. The zero-order chi connectivity index (χ0) is 12.6. The molecule has 1 saturated carbocycles. The van der Waals surface area contributed by atoms with Gasteiger partial charge < -0.3 is 15.2 Å². The second-order valence-corrected chi connectivity index (χ2v) is 4.99. The van der Waals surface area contributed by atoms with Crippen LogP contribution >= 0.6 is 11.6 Å². The topological polar surface area (TPSA) is 44.5 Å². The highest BCUT2D eigenvalue weighted by Crippen LogP contribution is 2.55. The summed E-state index contributed by atoms with van der Waals surface area (Å²) in [6, 6.07) is 3.99. The Labute approximate surface area is 107 Å². The monoisotopic (exact) mass is 255 g/mol. The molecular formula is C13H18ClNO2. The minimum atomic E-state index is 0.0290. The highest BCUT2D eigenvalue weighted by atomic mass is 35.5. The summed E-state index contributed by atoms with van der Waals surface area (Å²) in [5, 5.41) is 0.527. The van der Waals surface area contributed by atoms with Crippen LogP contribution in [0.1, 0.15) is 25.3 Å². The maximum absolute atomic E-state index is 6.26. The van der Waals surface area contributed by atoms with E-state index in [9.17, 15) is 0 Å². The highest BCUT2D eigenvalue weighted by molar-refractivity contribution is 6.33. The van der Waals surface area contributed by atoms with Crippen molar-refractivity contribution < 1.29 is 9.47 Å². The molecule has 1 unspecified atom stereocenters. The summed E-state index contributed by atoms with van der Waals surface area (Å²) in [6.07, 6.45) is 2.17. The van der Waals surface area contributed by atoms with E-state index < -0.39 is 0 Å². The van der Waals surface area contributed by atoms with Gasteiger partial charge in [-0.25, -0.2) is 0 Å². The quantitative estimate of drug-likeness (QED) is 0.900. The number of ether oxygens (including phenoxy) is 2. The number of hydrogen-bond acceptors (Lipinski definition) is 3. The normalized spacial score (nSPS) is 18.6. The molecule has 4 heteroatoms. The molecule has 1 aromatic rings. The first-order valence-electron chi connectivity index (χ1n) is 5.73. The van der Waals surface area contributed by atoms with E-state index >= 15 is 0 Å². The van der Waals surface area contributed by atoms with E-state index in [1.165, 1.54) is 0 Å². The Morgan fingerprint density at radius 2 is 1.94 bits per heavy atom. The van der Waals surface area contributed by atoms with Gasteiger partial charge in [0.25, 0.3) is 0 Å². The van der Waals surface area contributed by atoms with Crippen LogP contribution in [0.15, 0.2) is 12.1 Å². The lowest BCUT2D eigenvalue weighted by molar-refractivity contribution is 0.384. The van der Waals surface area contributed by atoms with Gasteiger partial charge in [0.2, 0.25) is 0 Å². The van der Waals surface area contributed by atoms with Gasteiger partial charge in [-0.15, -0.1) is 0 Å². The first kappa shape index (κ1) is 12.5. The van der Waals surface area contributed by atoms with Crippen LogP contribution in [0.3, 0.4) is 0 Å². The van der Waals surface area contributed by atoms with E-state index in [-0.39, 0.29) is 11.5 Å². The third kappa shape index (κ3) is 1.87. The Morgan fingerprint density at radius 3 is 2.35 bits per heavy atom. The van der Waals surface area contributed by atoms with E-state index in [2.05, 4.69) is 0 Å². The van der Waals surface area contributed by atoms with Crippen LogP contribution in [0, 0.1) is 0 Å². The van der Waals surface area contributed by atoms with E-state index in [0.717, 1.165) is 18.4 Å². The van der Waals surface area contributed by atoms with Crippen molar-refractivity contribution in [2.75, 3.05) is 14.2 Å². The number of hydrogen-bond donors (Lipinski definition) is 1. The number of methoxy groups -OCH3 is 2. The molecule has 1 aliphatic rings. The number of nitrogens with two attached hydrogens (primary N) is 1. The van der Waals surface area contributed by atoms with Crippen LogP contribution in [0.4, 0.5) is 0 Å². The van der Waals surface area contributed by atoms with Gasteiger partial charge in [0.15, 0.2) is 0 Å². The van der Waals surface area contributed by atoms with E-state index in [1.54, 1.807) is 14.2 Å². The molecule has 94 valence electrons. The van der Waals surface area contributed by atoms with Crippen LogP contribution in [-0.4, -0.2) is 20.3 Å². The molecule has 0 saturated heterocycles. The van der Waals surface area contributed by atoms with Gasteiger partial charge in [-0.2, -0.15) is 0 Å². The maximum Gasteiger partial charge on any atom is 0.145 e. The smallest absolute Gasteiger partial charge is 0.145 e. The largest absolute Gasteiger partial charge is 0.495 e. The Morgan fingerprint density at radius 1 is 1.29 bits per heavy atom. The molecule has 1 aromatic carbocycles. The van der Waals surface area contributed by atoms with E-state index in [4.69, 9.17) is 26.8 Å². The highest BCUT2D eigenvalue weighted by Gasteiger charge is 2.49. The Balaban J connectivity index is 2.52. The molecule has 0 amide bonds. The number of rotatable bonds is 4.